The molecule has 1 unspecified atom stereocenters. The van der Waals surface area contributed by atoms with Gasteiger partial charge in [0.15, 0.2) is 0 Å². The third-order valence-electron chi connectivity index (χ3n) is 4.23. The summed E-state index contributed by atoms with van der Waals surface area (Å²) in [6.07, 6.45) is 7.47. The van der Waals surface area contributed by atoms with Gasteiger partial charge in [-0.25, -0.2) is 19.9 Å². The van der Waals surface area contributed by atoms with Crippen LogP contribution in [-0.2, 0) is 0 Å². The van der Waals surface area contributed by atoms with Crippen molar-refractivity contribution >= 4 is 17.6 Å². The Morgan fingerprint density at radius 2 is 1.87 bits per heavy atom. The largest absolute Gasteiger partial charge is 0.363 e. The molecule has 7 heteroatoms. The van der Waals surface area contributed by atoms with Crippen molar-refractivity contribution in [2.75, 3.05) is 48.9 Å². The Morgan fingerprint density at radius 1 is 1.09 bits per heavy atom. The molecule has 0 aliphatic carbocycles. The van der Waals surface area contributed by atoms with Crippen molar-refractivity contribution in [3.8, 4) is 0 Å². The van der Waals surface area contributed by atoms with Crippen molar-refractivity contribution in [2.24, 2.45) is 0 Å². The summed E-state index contributed by atoms with van der Waals surface area (Å²) in [5, 5.41) is 0. The highest BCUT2D eigenvalue weighted by atomic mass is 15.3. The van der Waals surface area contributed by atoms with Crippen LogP contribution >= 0.6 is 0 Å². The molecule has 122 valence electrons. The zero-order valence-corrected chi connectivity index (χ0v) is 13.9. The molecule has 3 rings (SSSR count). The van der Waals surface area contributed by atoms with E-state index < -0.39 is 0 Å². The molecule has 0 saturated carbocycles. The molecule has 2 aromatic rings. The Hall–Kier alpha value is -2.44. The molecule has 7 nitrogen and oxygen atoms in total. The fourth-order valence-corrected chi connectivity index (χ4v) is 2.87. The maximum atomic E-state index is 4.45. The van der Waals surface area contributed by atoms with Gasteiger partial charge in [-0.15, -0.1) is 0 Å². The standard InChI is InChI=1S/C16H23N7/c1-21(2)14-10-15(20-12-19-14)23-9-4-6-13(11-23)22(3)16-17-7-5-8-18-16/h5,7-8,10,12-13H,4,6,9,11H2,1-3H3. The van der Waals surface area contributed by atoms with Crippen LogP contribution in [0.15, 0.2) is 30.9 Å². The van der Waals surface area contributed by atoms with Gasteiger partial charge in [-0.2, -0.15) is 0 Å². The third kappa shape index (κ3) is 3.49. The topological polar surface area (TPSA) is 61.3 Å². The average Bonchev–Trinajstić information content (AvgIpc) is 2.62. The number of piperidine rings is 1. The normalized spacial score (nSPS) is 17.9. The first-order valence-electron chi connectivity index (χ1n) is 7.89. The second-order valence-electron chi connectivity index (χ2n) is 6.03. The van der Waals surface area contributed by atoms with Gasteiger partial charge in [0.05, 0.1) is 0 Å². The van der Waals surface area contributed by atoms with Gasteiger partial charge in [-0.1, -0.05) is 0 Å². The van der Waals surface area contributed by atoms with Crippen molar-refractivity contribution in [3.63, 3.8) is 0 Å². The summed E-state index contributed by atoms with van der Waals surface area (Å²) in [4.78, 5) is 23.9. The molecular formula is C16H23N7. The summed E-state index contributed by atoms with van der Waals surface area (Å²) in [7, 11) is 6.05. The molecule has 1 fully saturated rings. The maximum absolute atomic E-state index is 4.45. The van der Waals surface area contributed by atoms with Crippen molar-refractivity contribution in [1.29, 1.82) is 0 Å². The fourth-order valence-electron chi connectivity index (χ4n) is 2.87. The van der Waals surface area contributed by atoms with Crippen molar-refractivity contribution in [1.82, 2.24) is 19.9 Å². The molecular weight excluding hydrogens is 290 g/mol. The van der Waals surface area contributed by atoms with E-state index >= 15 is 0 Å². The Bertz CT molecular complexity index is 631. The average molecular weight is 313 g/mol. The van der Waals surface area contributed by atoms with Gasteiger partial charge in [-0.05, 0) is 18.9 Å². The maximum Gasteiger partial charge on any atom is 0.225 e. The molecule has 0 aromatic carbocycles. The van der Waals surface area contributed by atoms with Crippen molar-refractivity contribution in [3.05, 3.63) is 30.9 Å². The summed E-state index contributed by atoms with van der Waals surface area (Å²) < 4.78 is 0. The van der Waals surface area contributed by atoms with Crippen LogP contribution in [0.1, 0.15) is 12.8 Å². The Balaban J connectivity index is 1.74. The number of nitrogens with zero attached hydrogens (tertiary/aromatic N) is 7. The van der Waals surface area contributed by atoms with Crippen LogP contribution < -0.4 is 14.7 Å². The highest BCUT2D eigenvalue weighted by molar-refractivity contribution is 5.50. The molecule has 0 N–H and O–H groups in total. The van der Waals surface area contributed by atoms with Gasteiger partial charge in [0.1, 0.15) is 18.0 Å². The lowest BCUT2D eigenvalue weighted by Crippen LogP contribution is -2.47. The van der Waals surface area contributed by atoms with Gasteiger partial charge in [0, 0.05) is 58.7 Å². The quantitative estimate of drug-likeness (QED) is 0.846. The van der Waals surface area contributed by atoms with Crippen molar-refractivity contribution < 1.29 is 0 Å². The Kier molecular flexibility index (Phi) is 4.55. The molecule has 0 bridgehead atoms. The minimum absolute atomic E-state index is 0.379. The van der Waals surface area contributed by atoms with Gasteiger partial charge in [0.25, 0.3) is 0 Å². The fraction of sp³-hybridized carbons (Fsp3) is 0.500. The number of hydrogen-bond donors (Lipinski definition) is 0. The van der Waals surface area contributed by atoms with Gasteiger partial charge >= 0.3 is 0 Å². The molecule has 23 heavy (non-hydrogen) atoms. The predicted molar refractivity (Wildman–Crippen MR) is 92.0 cm³/mol. The minimum Gasteiger partial charge on any atom is -0.363 e. The highest BCUT2D eigenvalue weighted by Crippen LogP contribution is 2.23. The van der Waals surface area contributed by atoms with E-state index in [-0.39, 0.29) is 0 Å². The van der Waals surface area contributed by atoms with Crippen LogP contribution in [0, 0.1) is 0 Å². The lowest BCUT2D eigenvalue weighted by Gasteiger charge is -2.38. The molecule has 1 aliphatic rings. The van der Waals surface area contributed by atoms with Crippen LogP contribution in [0.2, 0.25) is 0 Å². The van der Waals surface area contributed by atoms with Crippen LogP contribution in [0.4, 0.5) is 17.6 Å². The first kappa shape index (κ1) is 15.5. The molecule has 1 saturated heterocycles. The molecule has 1 aliphatic heterocycles. The minimum atomic E-state index is 0.379. The van der Waals surface area contributed by atoms with E-state index in [0.717, 1.165) is 43.5 Å². The first-order chi connectivity index (χ1) is 11.1. The van der Waals surface area contributed by atoms with Crippen LogP contribution in [0.5, 0.6) is 0 Å². The molecule has 3 heterocycles. The van der Waals surface area contributed by atoms with E-state index in [0.29, 0.717) is 6.04 Å². The highest BCUT2D eigenvalue weighted by Gasteiger charge is 2.25. The Labute approximate surface area is 137 Å². The van der Waals surface area contributed by atoms with E-state index in [9.17, 15) is 0 Å². The first-order valence-corrected chi connectivity index (χ1v) is 7.89. The second-order valence-corrected chi connectivity index (χ2v) is 6.03. The number of hydrogen-bond acceptors (Lipinski definition) is 7. The number of rotatable bonds is 4. The number of aromatic nitrogens is 4. The van der Waals surface area contributed by atoms with Crippen LogP contribution in [0.25, 0.3) is 0 Å². The van der Waals surface area contributed by atoms with E-state index in [2.05, 4.69) is 36.8 Å². The summed E-state index contributed by atoms with van der Waals surface area (Å²) in [5.41, 5.74) is 0. The van der Waals surface area contributed by atoms with Gasteiger partial charge in [0.2, 0.25) is 5.95 Å². The molecule has 1 atom stereocenters. The monoisotopic (exact) mass is 313 g/mol. The zero-order chi connectivity index (χ0) is 16.2. The number of anilines is 3. The smallest absolute Gasteiger partial charge is 0.225 e. The second kappa shape index (κ2) is 6.76. The van der Waals surface area contributed by atoms with Crippen LogP contribution in [-0.4, -0.2) is 60.2 Å². The Morgan fingerprint density at radius 3 is 2.61 bits per heavy atom. The van der Waals surface area contributed by atoms with E-state index in [4.69, 9.17) is 0 Å². The van der Waals surface area contributed by atoms with Gasteiger partial charge < -0.3 is 14.7 Å². The summed E-state index contributed by atoms with van der Waals surface area (Å²) in [6, 6.07) is 4.26. The summed E-state index contributed by atoms with van der Waals surface area (Å²) >= 11 is 0. The number of likely N-dealkylation sites (N-methyl/N-ethyl adjacent to an activating group) is 1. The SMILES string of the molecule is CN(C)c1cc(N2CCCC(N(C)c3ncccn3)C2)ncn1. The third-order valence-corrected chi connectivity index (χ3v) is 4.23. The molecule has 2 aromatic heterocycles. The zero-order valence-electron chi connectivity index (χ0n) is 13.9. The lowest BCUT2D eigenvalue weighted by atomic mass is 10.0. The molecule has 0 spiro atoms. The summed E-state index contributed by atoms with van der Waals surface area (Å²) in [5.74, 6) is 2.68. The molecule has 0 radical (unpaired) electrons. The van der Waals surface area contributed by atoms with E-state index in [1.54, 1.807) is 18.7 Å². The van der Waals surface area contributed by atoms with E-state index in [1.807, 2.05) is 31.1 Å². The summed E-state index contributed by atoms with van der Waals surface area (Å²) in [6.45, 7) is 1.93. The van der Waals surface area contributed by atoms with E-state index in [1.165, 1.54) is 0 Å². The van der Waals surface area contributed by atoms with Gasteiger partial charge in [-0.3, -0.25) is 0 Å². The predicted octanol–water partition coefficient (Wildman–Crippen LogP) is 1.44. The lowest BCUT2D eigenvalue weighted by molar-refractivity contribution is 0.480. The molecule has 0 amide bonds. The van der Waals surface area contributed by atoms with Crippen LogP contribution in [0.3, 0.4) is 0 Å². The van der Waals surface area contributed by atoms with Crippen molar-refractivity contribution in [2.45, 2.75) is 18.9 Å².